The molecule has 0 radical (unpaired) electrons. The van der Waals surface area contributed by atoms with Crippen molar-refractivity contribution in [2.75, 3.05) is 6.61 Å². The van der Waals surface area contributed by atoms with E-state index in [4.69, 9.17) is 4.74 Å². The topological polar surface area (TPSA) is 72.3 Å². The van der Waals surface area contributed by atoms with Crippen LogP contribution in [0.15, 0.2) is 30.6 Å². The number of hydrogen-bond donors (Lipinski definition) is 1. The Kier molecular flexibility index (Phi) is 3.30. The molecule has 0 aliphatic carbocycles. The van der Waals surface area contributed by atoms with Crippen LogP contribution in [0, 0.1) is 0 Å². The minimum Gasteiger partial charge on any atom is -0.464 e. The van der Waals surface area contributed by atoms with Gasteiger partial charge < -0.3 is 9.84 Å². The molecule has 1 heterocycles. The Morgan fingerprint density at radius 2 is 2.18 bits per heavy atom. The van der Waals surface area contributed by atoms with E-state index in [9.17, 15) is 9.90 Å². The molecule has 5 heteroatoms. The zero-order valence-corrected chi connectivity index (χ0v) is 9.33. The van der Waals surface area contributed by atoms with Gasteiger partial charge in [0.1, 0.15) is 0 Å². The third-order valence-corrected chi connectivity index (χ3v) is 2.43. The lowest BCUT2D eigenvalue weighted by Crippen LogP contribution is -2.15. The molecule has 1 unspecified atom stereocenters. The van der Waals surface area contributed by atoms with Crippen molar-refractivity contribution in [3.05, 3.63) is 36.2 Å². The van der Waals surface area contributed by atoms with Crippen LogP contribution in [-0.4, -0.2) is 27.9 Å². The highest BCUT2D eigenvalue weighted by Gasteiger charge is 2.20. The summed E-state index contributed by atoms with van der Waals surface area (Å²) in [7, 11) is 0. The molecular weight excluding hydrogens is 220 g/mol. The predicted molar refractivity (Wildman–Crippen MR) is 61.1 cm³/mol. The minimum atomic E-state index is -1.29. The maximum absolute atomic E-state index is 11.5. The first kappa shape index (κ1) is 11.5. The van der Waals surface area contributed by atoms with Gasteiger partial charge in [0, 0.05) is 16.3 Å². The lowest BCUT2D eigenvalue weighted by Gasteiger charge is -2.11. The molecule has 0 aliphatic heterocycles. The van der Waals surface area contributed by atoms with Crippen LogP contribution >= 0.6 is 0 Å². The number of hydrogen-bond acceptors (Lipinski definition) is 5. The van der Waals surface area contributed by atoms with Gasteiger partial charge in [-0.25, -0.2) is 4.79 Å². The third kappa shape index (κ3) is 2.24. The first-order chi connectivity index (χ1) is 8.24. The summed E-state index contributed by atoms with van der Waals surface area (Å²) in [6, 6.07) is 5.26. The fourth-order valence-electron chi connectivity index (χ4n) is 1.64. The van der Waals surface area contributed by atoms with Gasteiger partial charge in [0.05, 0.1) is 19.0 Å². The number of aromatic nitrogens is 2. The van der Waals surface area contributed by atoms with Gasteiger partial charge >= 0.3 is 5.97 Å². The molecule has 1 atom stereocenters. The number of carbonyl (C=O) groups is 1. The SMILES string of the molecule is CCOC(=O)C(O)c1cccc2cnncc12. The highest BCUT2D eigenvalue weighted by molar-refractivity contribution is 5.89. The molecule has 0 fully saturated rings. The van der Waals surface area contributed by atoms with E-state index in [0.717, 1.165) is 5.39 Å². The van der Waals surface area contributed by atoms with Gasteiger partial charge in [-0.05, 0) is 6.92 Å². The van der Waals surface area contributed by atoms with Gasteiger partial charge in [0.25, 0.3) is 0 Å². The smallest absolute Gasteiger partial charge is 0.339 e. The van der Waals surface area contributed by atoms with E-state index in [1.165, 1.54) is 6.20 Å². The number of nitrogens with zero attached hydrogens (tertiary/aromatic N) is 2. The van der Waals surface area contributed by atoms with Crippen molar-refractivity contribution in [3.8, 4) is 0 Å². The summed E-state index contributed by atoms with van der Waals surface area (Å²) in [5.41, 5.74) is 0.482. The first-order valence-electron chi connectivity index (χ1n) is 5.28. The van der Waals surface area contributed by atoms with E-state index in [2.05, 4.69) is 10.2 Å². The minimum absolute atomic E-state index is 0.237. The zero-order valence-electron chi connectivity index (χ0n) is 9.33. The van der Waals surface area contributed by atoms with Gasteiger partial charge in [-0.3, -0.25) is 0 Å². The maximum Gasteiger partial charge on any atom is 0.339 e. The van der Waals surface area contributed by atoms with Crippen LogP contribution in [0.25, 0.3) is 10.8 Å². The van der Waals surface area contributed by atoms with Crippen LogP contribution < -0.4 is 0 Å². The van der Waals surface area contributed by atoms with Gasteiger partial charge in [-0.1, -0.05) is 18.2 Å². The Morgan fingerprint density at radius 1 is 1.41 bits per heavy atom. The van der Waals surface area contributed by atoms with Gasteiger partial charge in [0.2, 0.25) is 0 Å². The summed E-state index contributed by atoms with van der Waals surface area (Å²) in [6.45, 7) is 1.93. The second-order valence-corrected chi connectivity index (χ2v) is 3.49. The Bertz CT molecular complexity index is 537. The molecule has 1 aromatic heterocycles. The van der Waals surface area contributed by atoms with Crippen molar-refractivity contribution < 1.29 is 14.6 Å². The van der Waals surface area contributed by atoms with E-state index in [1.807, 2.05) is 6.07 Å². The molecule has 2 rings (SSSR count). The molecule has 5 nitrogen and oxygen atoms in total. The van der Waals surface area contributed by atoms with E-state index in [-0.39, 0.29) is 6.61 Å². The van der Waals surface area contributed by atoms with Gasteiger partial charge in [-0.2, -0.15) is 10.2 Å². The van der Waals surface area contributed by atoms with Crippen LogP contribution in [0.2, 0.25) is 0 Å². The average Bonchev–Trinajstić information content (AvgIpc) is 2.37. The van der Waals surface area contributed by atoms with Crippen LogP contribution in [0.3, 0.4) is 0 Å². The van der Waals surface area contributed by atoms with Gasteiger partial charge in [-0.15, -0.1) is 0 Å². The van der Waals surface area contributed by atoms with Crippen LogP contribution in [0.4, 0.5) is 0 Å². The van der Waals surface area contributed by atoms with Crippen molar-refractivity contribution in [1.82, 2.24) is 10.2 Å². The van der Waals surface area contributed by atoms with Crippen molar-refractivity contribution in [3.63, 3.8) is 0 Å². The molecule has 1 N–H and O–H groups in total. The van der Waals surface area contributed by atoms with Crippen molar-refractivity contribution in [1.29, 1.82) is 0 Å². The lowest BCUT2D eigenvalue weighted by atomic mass is 10.0. The number of esters is 1. The van der Waals surface area contributed by atoms with E-state index in [0.29, 0.717) is 10.9 Å². The Hall–Kier alpha value is -2.01. The number of aliphatic hydroxyl groups excluding tert-OH is 1. The molecule has 1 aromatic carbocycles. The summed E-state index contributed by atoms with van der Waals surface area (Å²) < 4.78 is 4.78. The van der Waals surface area contributed by atoms with Crippen LogP contribution in [0.5, 0.6) is 0 Å². The highest BCUT2D eigenvalue weighted by Crippen LogP contribution is 2.23. The molecule has 17 heavy (non-hydrogen) atoms. The number of carbonyl (C=O) groups excluding carboxylic acids is 1. The van der Waals surface area contributed by atoms with Gasteiger partial charge in [0.15, 0.2) is 6.10 Å². The number of fused-ring (bicyclic) bond motifs is 1. The molecule has 0 bridgehead atoms. The fraction of sp³-hybridized carbons (Fsp3) is 0.250. The molecular formula is C12H12N2O3. The molecule has 88 valence electrons. The van der Waals surface area contributed by atoms with Crippen molar-refractivity contribution in [2.45, 2.75) is 13.0 Å². The predicted octanol–water partition coefficient (Wildman–Crippen LogP) is 1.23. The maximum atomic E-state index is 11.5. The quantitative estimate of drug-likeness (QED) is 0.806. The number of benzene rings is 1. The second-order valence-electron chi connectivity index (χ2n) is 3.49. The van der Waals surface area contributed by atoms with Crippen molar-refractivity contribution in [2.24, 2.45) is 0 Å². The van der Waals surface area contributed by atoms with Crippen LogP contribution in [-0.2, 0) is 9.53 Å². The summed E-state index contributed by atoms with van der Waals surface area (Å²) >= 11 is 0. The Morgan fingerprint density at radius 3 is 2.94 bits per heavy atom. The Labute approximate surface area is 98.0 Å². The monoisotopic (exact) mass is 232 g/mol. The summed E-state index contributed by atoms with van der Waals surface area (Å²) in [6.07, 6.45) is 1.81. The Balaban J connectivity index is 2.44. The molecule has 0 spiro atoms. The molecule has 0 amide bonds. The zero-order chi connectivity index (χ0) is 12.3. The standard InChI is InChI=1S/C12H12N2O3/c1-2-17-12(16)11(15)9-5-3-4-8-6-13-14-7-10(8)9/h3-7,11,15H,2H2,1H3. The number of ether oxygens (including phenoxy) is 1. The summed E-state index contributed by atoms with van der Waals surface area (Å²) in [5.74, 6) is -0.656. The summed E-state index contributed by atoms with van der Waals surface area (Å²) in [5, 5.41) is 18.9. The van der Waals surface area contributed by atoms with E-state index < -0.39 is 12.1 Å². The second kappa shape index (κ2) is 4.88. The normalized spacial score (nSPS) is 12.4. The highest BCUT2D eigenvalue weighted by atomic mass is 16.5. The van der Waals surface area contributed by atoms with E-state index >= 15 is 0 Å². The average molecular weight is 232 g/mol. The summed E-state index contributed by atoms with van der Waals surface area (Å²) in [4.78, 5) is 11.5. The van der Waals surface area contributed by atoms with Crippen LogP contribution in [0.1, 0.15) is 18.6 Å². The van der Waals surface area contributed by atoms with Crippen molar-refractivity contribution >= 4 is 16.7 Å². The molecule has 2 aromatic rings. The molecule has 0 saturated carbocycles. The third-order valence-electron chi connectivity index (χ3n) is 2.43. The molecule has 0 saturated heterocycles. The number of rotatable bonds is 3. The number of aliphatic hydroxyl groups is 1. The fourth-order valence-corrected chi connectivity index (χ4v) is 1.64. The lowest BCUT2D eigenvalue weighted by molar-refractivity contribution is -0.153. The van der Waals surface area contributed by atoms with E-state index in [1.54, 1.807) is 25.3 Å². The molecule has 0 aliphatic rings. The first-order valence-corrected chi connectivity index (χ1v) is 5.28. The largest absolute Gasteiger partial charge is 0.464 e.